The molecule has 3 nitrogen and oxygen atoms in total. The lowest BCUT2D eigenvalue weighted by molar-refractivity contribution is 0.413. The monoisotopic (exact) mass is 166 g/mol. The average Bonchev–Trinajstić information content (AvgIpc) is 2.58. The van der Waals surface area contributed by atoms with Gasteiger partial charge in [-0.05, 0) is 19.8 Å². The highest BCUT2D eigenvalue weighted by atomic mass is 16.4. The highest BCUT2D eigenvalue weighted by Crippen LogP contribution is 2.32. The highest BCUT2D eigenvalue weighted by Gasteiger charge is 2.28. The summed E-state index contributed by atoms with van der Waals surface area (Å²) in [6.07, 6.45) is 5.20. The van der Waals surface area contributed by atoms with Crippen LogP contribution < -0.4 is 5.73 Å². The number of aromatic nitrogens is 1. The van der Waals surface area contributed by atoms with Crippen LogP contribution in [0.4, 0.5) is 0 Å². The molecule has 12 heavy (non-hydrogen) atoms. The molecular formula is C9H14N2O. The highest BCUT2D eigenvalue weighted by molar-refractivity contribution is 5.03. The fraction of sp³-hybridized carbons (Fsp3) is 0.667. The van der Waals surface area contributed by atoms with Gasteiger partial charge in [0.1, 0.15) is 5.76 Å². The van der Waals surface area contributed by atoms with Crippen molar-refractivity contribution in [2.75, 3.05) is 0 Å². The topological polar surface area (TPSA) is 52.0 Å². The van der Waals surface area contributed by atoms with E-state index >= 15 is 0 Å². The molecule has 2 atom stereocenters. The van der Waals surface area contributed by atoms with Gasteiger partial charge in [-0.3, -0.25) is 0 Å². The normalized spacial score (nSPS) is 29.5. The molecule has 2 N–H and O–H groups in total. The molecule has 1 saturated carbocycles. The van der Waals surface area contributed by atoms with E-state index in [2.05, 4.69) is 4.98 Å². The van der Waals surface area contributed by atoms with Gasteiger partial charge in [-0.25, -0.2) is 4.98 Å². The second-order valence-corrected chi connectivity index (χ2v) is 3.51. The van der Waals surface area contributed by atoms with Crippen LogP contribution in [0.5, 0.6) is 0 Å². The van der Waals surface area contributed by atoms with E-state index in [0.717, 1.165) is 24.5 Å². The summed E-state index contributed by atoms with van der Waals surface area (Å²) >= 11 is 0. The molecule has 66 valence electrons. The third-order valence-electron chi connectivity index (χ3n) is 2.53. The Morgan fingerprint density at radius 2 is 2.42 bits per heavy atom. The second-order valence-electron chi connectivity index (χ2n) is 3.51. The van der Waals surface area contributed by atoms with Crippen molar-refractivity contribution < 1.29 is 4.42 Å². The van der Waals surface area contributed by atoms with E-state index in [1.54, 1.807) is 6.20 Å². The molecule has 1 heterocycles. The van der Waals surface area contributed by atoms with E-state index in [-0.39, 0.29) is 6.04 Å². The molecule has 0 spiro atoms. The summed E-state index contributed by atoms with van der Waals surface area (Å²) in [7, 11) is 0. The Kier molecular flexibility index (Phi) is 1.89. The van der Waals surface area contributed by atoms with Crippen molar-refractivity contribution in [1.82, 2.24) is 4.98 Å². The van der Waals surface area contributed by atoms with Gasteiger partial charge in [-0.2, -0.15) is 0 Å². The van der Waals surface area contributed by atoms with Crippen molar-refractivity contribution in [3.63, 3.8) is 0 Å². The summed E-state index contributed by atoms with van der Waals surface area (Å²) in [5, 5.41) is 0. The molecule has 2 unspecified atom stereocenters. The first-order chi connectivity index (χ1) is 5.77. The maximum Gasteiger partial charge on any atom is 0.199 e. The second kappa shape index (κ2) is 2.90. The fourth-order valence-electron chi connectivity index (χ4n) is 1.84. The van der Waals surface area contributed by atoms with Crippen LogP contribution in [0, 0.1) is 6.92 Å². The summed E-state index contributed by atoms with van der Waals surface area (Å²) in [6.45, 7) is 1.91. The minimum atomic E-state index is 0.253. The molecule has 2 rings (SSSR count). The lowest BCUT2D eigenvalue weighted by Gasteiger charge is -2.09. The first-order valence-corrected chi connectivity index (χ1v) is 4.45. The Morgan fingerprint density at radius 1 is 1.58 bits per heavy atom. The van der Waals surface area contributed by atoms with Crippen LogP contribution in [0.15, 0.2) is 10.6 Å². The molecule has 1 aromatic heterocycles. The molecule has 3 heteroatoms. The van der Waals surface area contributed by atoms with Gasteiger partial charge < -0.3 is 10.2 Å². The van der Waals surface area contributed by atoms with Crippen LogP contribution in [0.2, 0.25) is 0 Å². The molecule has 1 fully saturated rings. The summed E-state index contributed by atoms with van der Waals surface area (Å²) in [6, 6.07) is 0.253. The van der Waals surface area contributed by atoms with E-state index in [0.29, 0.717) is 5.92 Å². The van der Waals surface area contributed by atoms with Gasteiger partial charge in [0.2, 0.25) is 0 Å². The van der Waals surface area contributed by atoms with Gasteiger partial charge in [0, 0.05) is 6.04 Å². The molecule has 1 aliphatic carbocycles. The van der Waals surface area contributed by atoms with Crippen molar-refractivity contribution in [3.05, 3.63) is 17.8 Å². The van der Waals surface area contributed by atoms with E-state index in [4.69, 9.17) is 10.2 Å². The molecule has 1 aromatic rings. The first-order valence-electron chi connectivity index (χ1n) is 4.45. The smallest absolute Gasteiger partial charge is 0.199 e. The van der Waals surface area contributed by atoms with Gasteiger partial charge in [-0.15, -0.1) is 0 Å². The van der Waals surface area contributed by atoms with Crippen molar-refractivity contribution >= 4 is 0 Å². The number of rotatable bonds is 1. The number of hydrogen-bond donors (Lipinski definition) is 1. The average molecular weight is 166 g/mol. The Hall–Kier alpha value is -0.830. The van der Waals surface area contributed by atoms with E-state index in [1.165, 1.54) is 6.42 Å². The zero-order valence-electron chi connectivity index (χ0n) is 7.29. The first kappa shape index (κ1) is 7.80. The minimum Gasteiger partial charge on any atom is -0.446 e. The van der Waals surface area contributed by atoms with E-state index < -0.39 is 0 Å². The Morgan fingerprint density at radius 3 is 2.92 bits per heavy atom. The number of nitrogens with zero attached hydrogens (tertiary/aromatic N) is 1. The van der Waals surface area contributed by atoms with Crippen molar-refractivity contribution in [1.29, 1.82) is 0 Å². The zero-order valence-corrected chi connectivity index (χ0v) is 7.29. The van der Waals surface area contributed by atoms with Crippen molar-refractivity contribution in [2.45, 2.75) is 38.1 Å². The molecule has 0 aromatic carbocycles. The predicted octanol–water partition coefficient (Wildman–Crippen LogP) is 1.58. The molecule has 0 amide bonds. The van der Waals surface area contributed by atoms with Crippen LogP contribution >= 0.6 is 0 Å². The third kappa shape index (κ3) is 1.25. The Balaban J connectivity index is 2.19. The molecule has 0 aliphatic heterocycles. The molecule has 1 aliphatic rings. The Labute approximate surface area is 72.0 Å². The van der Waals surface area contributed by atoms with Crippen LogP contribution in [0.25, 0.3) is 0 Å². The maximum absolute atomic E-state index is 5.92. The van der Waals surface area contributed by atoms with Gasteiger partial charge in [0.15, 0.2) is 5.89 Å². The standard InChI is InChI=1S/C9H14N2O/c1-6-5-11-9(12-6)7-3-2-4-8(7)10/h5,7-8H,2-4,10H2,1H3. The van der Waals surface area contributed by atoms with E-state index in [1.807, 2.05) is 6.92 Å². The molecule has 0 bridgehead atoms. The van der Waals surface area contributed by atoms with Gasteiger partial charge >= 0.3 is 0 Å². The quantitative estimate of drug-likeness (QED) is 0.689. The lowest BCUT2D eigenvalue weighted by atomic mass is 10.1. The summed E-state index contributed by atoms with van der Waals surface area (Å²) < 4.78 is 5.45. The summed E-state index contributed by atoms with van der Waals surface area (Å²) in [5.74, 6) is 2.07. The Bertz CT molecular complexity index is 269. The molecule has 0 saturated heterocycles. The van der Waals surface area contributed by atoms with Crippen LogP contribution in [-0.4, -0.2) is 11.0 Å². The van der Waals surface area contributed by atoms with Gasteiger partial charge in [-0.1, -0.05) is 6.42 Å². The van der Waals surface area contributed by atoms with Crippen LogP contribution in [0.3, 0.4) is 0 Å². The van der Waals surface area contributed by atoms with Gasteiger partial charge in [0.05, 0.1) is 12.1 Å². The van der Waals surface area contributed by atoms with Crippen LogP contribution in [0.1, 0.15) is 36.8 Å². The maximum atomic E-state index is 5.92. The van der Waals surface area contributed by atoms with Crippen molar-refractivity contribution in [3.8, 4) is 0 Å². The third-order valence-corrected chi connectivity index (χ3v) is 2.53. The molecule has 0 radical (unpaired) electrons. The predicted molar refractivity (Wildman–Crippen MR) is 45.8 cm³/mol. The lowest BCUT2D eigenvalue weighted by Crippen LogP contribution is -2.22. The SMILES string of the molecule is Cc1cnc(C2CCCC2N)o1. The zero-order chi connectivity index (χ0) is 8.55. The number of aryl methyl sites for hydroxylation is 1. The summed E-state index contributed by atoms with van der Waals surface area (Å²) in [5.41, 5.74) is 5.92. The number of nitrogens with two attached hydrogens (primary N) is 1. The van der Waals surface area contributed by atoms with Gasteiger partial charge in [0.25, 0.3) is 0 Å². The van der Waals surface area contributed by atoms with Crippen molar-refractivity contribution in [2.24, 2.45) is 5.73 Å². The number of hydrogen-bond acceptors (Lipinski definition) is 3. The largest absolute Gasteiger partial charge is 0.446 e. The fourth-order valence-corrected chi connectivity index (χ4v) is 1.84. The number of oxazole rings is 1. The minimum absolute atomic E-state index is 0.253. The van der Waals surface area contributed by atoms with Crippen LogP contribution in [-0.2, 0) is 0 Å². The summed E-state index contributed by atoms with van der Waals surface area (Å²) in [4.78, 5) is 4.20. The molecular weight excluding hydrogens is 152 g/mol. The van der Waals surface area contributed by atoms with E-state index in [9.17, 15) is 0 Å².